The molecule has 0 aromatic rings. The molecule has 0 spiro atoms. The zero-order valence-corrected chi connectivity index (χ0v) is 36.4. The standard InChI is InChI=1S/C47H91NO8/c1-3-5-7-9-11-13-15-17-19-21-23-25-27-29-31-33-35-37-43(51)48-40(39-55-47-46(54)45(53)44(52)42(38-49)56-47)41(50)36-34-32-30-28-26-24-22-20-18-16-14-12-10-8-6-4-2/h26,28,40-42,44-47,49-50,52-54H,3-25,27,29-39H2,1-2H3,(H,48,51)/b28-26+/t40-,41+,42-,44-,45?,46?,47-/m0/s1. The highest BCUT2D eigenvalue weighted by molar-refractivity contribution is 5.76. The van der Waals surface area contributed by atoms with E-state index < -0.39 is 49.5 Å². The Morgan fingerprint density at radius 3 is 1.45 bits per heavy atom. The molecule has 2 unspecified atom stereocenters. The monoisotopic (exact) mass is 798 g/mol. The average molecular weight is 798 g/mol. The van der Waals surface area contributed by atoms with Gasteiger partial charge in [0.05, 0.1) is 25.4 Å². The summed E-state index contributed by atoms with van der Waals surface area (Å²) in [5.41, 5.74) is 0. The molecular weight excluding hydrogens is 707 g/mol. The van der Waals surface area contributed by atoms with E-state index in [4.69, 9.17) is 9.47 Å². The maximum absolute atomic E-state index is 13.0. The molecule has 9 heteroatoms. The number of hydrogen-bond acceptors (Lipinski definition) is 8. The van der Waals surface area contributed by atoms with Crippen LogP contribution in [0, 0.1) is 0 Å². The molecule has 0 aromatic carbocycles. The van der Waals surface area contributed by atoms with Crippen LogP contribution in [0.2, 0.25) is 0 Å². The van der Waals surface area contributed by atoms with E-state index in [0.717, 1.165) is 44.9 Å². The van der Waals surface area contributed by atoms with Crippen molar-refractivity contribution in [3.63, 3.8) is 0 Å². The molecule has 1 heterocycles. The Bertz CT molecular complexity index is 888. The van der Waals surface area contributed by atoms with Gasteiger partial charge >= 0.3 is 0 Å². The SMILES string of the molecule is CCCCCCCCCCCC/C=C/CCCC[C@@H](O)[C@H](CO[C@H]1O[C@@H](CO)[C@H](O)C(O)C1O)NC(=O)CCCCCCCCCCCCCCCCCCC. The second-order valence-electron chi connectivity index (χ2n) is 16.9. The lowest BCUT2D eigenvalue weighted by atomic mass is 9.99. The molecule has 0 aromatic heterocycles. The third kappa shape index (κ3) is 28.4. The topological polar surface area (TPSA) is 149 Å². The first kappa shape index (κ1) is 52.9. The van der Waals surface area contributed by atoms with Crippen LogP contribution in [0.25, 0.3) is 0 Å². The van der Waals surface area contributed by atoms with Crippen molar-refractivity contribution in [2.24, 2.45) is 0 Å². The van der Waals surface area contributed by atoms with Crippen molar-refractivity contribution in [1.82, 2.24) is 5.32 Å². The van der Waals surface area contributed by atoms with Gasteiger partial charge in [-0.05, 0) is 38.5 Å². The summed E-state index contributed by atoms with van der Waals surface area (Å²) < 4.78 is 11.3. The van der Waals surface area contributed by atoms with E-state index in [9.17, 15) is 30.3 Å². The van der Waals surface area contributed by atoms with Gasteiger partial charge in [-0.25, -0.2) is 0 Å². The van der Waals surface area contributed by atoms with Crippen molar-refractivity contribution in [2.45, 2.75) is 269 Å². The molecule has 1 aliphatic heterocycles. The smallest absolute Gasteiger partial charge is 0.220 e. The number of nitrogens with one attached hydrogen (secondary N) is 1. The van der Waals surface area contributed by atoms with Gasteiger partial charge < -0.3 is 40.3 Å². The third-order valence-corrected chi connectivity index (χ3v) is 11.6. The number of aliphatic hydroxyl groups excluding tert-OH is 5. The van der Waals surface area contributed by atoms with Crippen molar-refractivity contribution in [1.29, 1.82) is 0 Å². The van der Waals surface area contributed by atoms with Crippen molar-refractivity contribution in [2.75, 3.05) is 13.2 Å². The molecule has 1 aliphatic rings. The van der Waals surface area contributed by atoms with E-state index in [1.807, 2.05) is 0 Å². The van der Waals surface area contributed by atoms with Gasteiger partial charge in [0, 0.05) is 6.42 Å². The summed E-state index contributed by atoms with van der Waals surface area (Å²) in [5.74, 6) is -0.151. The third-order valence-electron chi connectivity index (χ3n) is 11.6. The molecule has 332 valence electrons. The predicted molar refractivity (Wildman–Crippen MR) is 231 cm³/mol. The molecule has 0 aliphatic carbocycles. The van der Waals surface area contributed by atoms with E-state index in [0.29, 0.717) is 12.8 Å². The lowest BCUT2D eigenvalue weighted by molar-refractivity contribution is -0.302. The van der Waals surface area contributed by atoms with E-state index in [-0.39, 0.29) is 12.5 Å². The summed E-state index contributed by atoms with van der Waals surface area (Å²) in [6, 6.07) is -0.729. The lowest BCUT2D eigenvalue weighted by Crippen LogP contribution is -2.60. The van der Waals surface area contributed by atoms with Gasteiger partial charge in [-0.1, -0.05) is 193 Å². The summed E-state index contributed by atoms with van der Waals surface area (Å²) in [7, 11) is 0. The Hall–Kier alpha value is -1.07. The van der Waals surface area contributed by atoms with E-state index in [2.05, 4.69) is 31.3 Å². The number of ether oxygens (including phenoxy) is 2. The molecule has 6 N–H and O–H groups in total. The summed E-state index contributed by atoms with van der Waals surface area (Å²) in [6.45, 7) is 3.83. The van der Waals surface area contributed by atoms with Crippen molar-refractivity contribution >= 4 is 5.91 Å². The second kappa shape index (κ2) is 38.2. The van der Waals surface area contributed by atoms with E-state index in [1.54, 1.807) is 0 Å². The lowest BCUT2D eigenvalue weighted by Gasteiger charge is -2.40. The van der Waals surface area contributed by atoms with Crippen LogP contribution in [0.15, 0.2) is 12.2 Å². The number of aliphatic hydroxyl groups is 5. The molecule has 56 heavy (non-hydrogen) atoms. The fraction of sp³-hybridized carbons (Fsp3) is 0.936. The van der Waals surface area contributed by atoms with Crippen LogP contribution in [0.1, 0.15) is 226 Å². The number of amides is 1. The molecule has 7 atom stereocenters. The number of hydrogen-bond donors (Lipinski definition) is 6. The van der Waals surface area contributed by atoms with E-state index >= 15 is 0 Å². The number of carbonyl (C=O) groups excluding carboxylic acids is 1. The first-order valence-corrected chi connectivity index (χ1v) is 23.9. The Morgan fingerprint density at radius 1 is 0.589 bits per heavy atom. The molecule has 1 saturated heterocycles. The Kier molecular flexibility index (Phi) is 36.1. The highest BCUT2D eigenvalue weighted by Gasteiger charge is 2.44. The van der Waals surface area contributed by atoms with Gasteiger partial charge in [-0.3, -0.25) is 4.79 Å². The van der Waals surface area contributed by atoms with Crippen molar-refractivity contribution < 1.29 is 39.8 Å². The summed E-state index contributed by atoms with van der Waals surface area (Å²) >= 11 is 0. The van der Waals surface area contributed by atoms with Crippen LogP contribution in [0.3, 0.4) is 0 Å². The average Bonchev–Trinajstić information content (AvgIpc) is 3.20. The minimum atomic E-state index is -1.55. The van der Waals surface area contributed by atoms with Crippen molar-refractivity contribution in [3.05, 3.63) is 12.2 Å². The Labute approximate surface area is 344 Å². The highest BCUT2D eigenvalue weighted by Crippen LogP contribution is 2.23. The Balaban J connectivity index is 2.32. The molecule has 1 rings (SSSR count). The molecule has 0 radical (unpaired) electrons. The number of carbonyl (C=O) groups is 1. The van der Waals surface area contributed by atoms with Gasteiger partial charge in [0.2, 0.25) is 5.91 Å². The van der Waals surface area contributed by atoms with Gasteiger partial charge in [0.15, 0.2) is 6.29 Å². The maximum atomic E-state index is 13.0. The van der Waals surface area contributed by atoms with Crippen LogP contribution in [-0.4, -0.2) is 87.5 Å². The first-order valence-electron chi connectivity index (χ1n) is 23.9. The molecule has 9 nitrogen and oxygen atoms in total. The number of allylic oxidation sites excluding steroid dienone is 2. The quantitative estimate of drug-likeness (QED) is 0.0265. The molecule has 0 saturated carbocycles. The number of rotatable bonds is 40. The maximum Gasteiger partial charge on any atom is 0.220 e. The summed E-state index contributed by atoms with van der Waals surface area (Å²) in [5, 5.41) is 54.4. The first-order chi connectivity index (χ1) is 27.3. The molecular formula is C47H91NO8. The van der Waals surface area contributed by atoms with Crippen LogP contribution < -0.4 is 5.32 Å². The fourth-order valence-electron chi connectivity index (χ4n) is 7.74. The predicted octanol–water partition coefficient (Wildman–Crippen LogP) is 10.1. The normalized spacial score (nSPS) is 21.2. The van der Waals surface area contributed by atoms with Gasteiger partial charge in [-0.2, -0.15) is 0 Å². The second-order valence-corrected chi connectivity index (χ2v) is 16.9. The molecule has 1 amide bonds. The van der Waals surface area contributed by atoms with Crippen LogP contribution >= 0.6 is 0 Å². The number of unbranched alkanes of at least 4 members (excludes halogenated alkanes) is 28. The van der Waals surface area contributed by atoms with Gasteiger partial charge in [0.1, 0.15) is 24.4 Å². The summed E-state index contributed by atoms with van der Waals surface area (Å²) in [4.78, 5) is 13.0. The van der Waals surface area contributed by atoms with Gasteiger partial charge in [-0.15, -0.1) is 0 Å². The van der Waals surface area contributed by atoms with Crippen molar-refractivity contribution in [3.8, 4) is 0 Å². The fourth-order valence-corrected chi connectivity index (χ4v) is 7.74. The minimum Gasteiger partial charge on any atom is -0.394 e. The van der Waals surface area contributed by atoms with Gasteiger partial charge in [0.25, 0.3) is 0 Å². The largest absolute Gasteiger partial charge is 0.394 e. The minimum absolute atomic E-state index is 0.145. The molecule has 0 bridgehead atoms. The Morgan fingerprint density at radius 2 is 1.00 bits per heavy atom. The zero-order chi connectivity index (χ0) is 40.9. The van der Waals surface area contributed by atoms with E-state index in [1.165, 1.54) is 154 Å². The zero-order valence-electron chi connectivity index (χ0n) is 36.4. The molecule has 1 fully saturated rings. The van der Waals surface area contributed by atoms with Crippen LogP contribution in [0.4, 0.5) is 0 Å². The highest BCUT2D eigenvalue weighted by atomic mass is 16.7. The van der Waals surface area contributed by atoms with Crippen LogP contribution in [-0.2, 0) is 14.3 Å². The van der Waals surface area contributed by atoms with Crippen LogP contribution in [0.5, 0.6) is 0 Å². The summed E-state index contributed by atoms with van der Waals surface area (Å²) in [6.07, 6.45) is 36.5.